The van der Waals surface area contributed by atoms with Crippen LogP contribution in [-0.4, -0.2) is 46.9 Å². The molecule has 3 aromatic rings. The average molecular weight is 564 g/mol. The van der Waals surface area contributed by atoms with E-state index in [4.69, 9.17) is 14.2 Å². The van der Waals surface area contributed by atoms with Gasteiger partial charge in [0.25, 0.3) is 10.0 Å². The molecule has 8 nitrogen and oxygen atoms in total. The Labute approximate surface area is 222 Å². The van der Waals surface area contributed by atoms with Crippen molar-refractivity contribution in [2.24, 2.45) is 0 Å². The molecular weight excluding hydrogens is 539 g/mol. The van der Waals surface area contributed by atoms with Crippen LogP contribution in [0, 0.1) is 17.5 Å². The minimum Gasteiger partial charge on any atom is -0.495 e. The molecule has 0 bridgehead atoms. The number of aliphatic hydroxyl groups excluding tert-OH is 1. The van der Waals surface area contributed by atoms with Gasteiger partial charge in [-0.2, -0.15) is 0 Å². The molecule has 1 aliphatic rings. The van der Waals surface area contributed by atoms with Gasteiger partial charge in [0.15, 0.2) is 0 Å². The molecule has 39 heavy (non-hydrogen) atoms. The van der Waals surface area contributed by atoms with Gasteiger partial charge >= 0.3 is 5.97 Å². The van der Waals surface area contributed by atoms with Crippen molar-refractivity contribution in [2.75, 3.05) is 32.2 Å². The first kappa shape index (κ1) is 28.1. The van der Waals surface area contributed by atoms with Crippen LogP contribution in [-0.2, 0) is 26.1 Å². The van der Waals surface area contributed by atoms with Crippen molar-refractivity contribution >= 4 is 27.3 Å². The van der Waals surface area contributed by atoms with E-state index in [1.807, 2.05) is 0 Å². The third kappa shape index (κ3) is 5.77. The number of hydrogen-bond donors (Lipinski definition) is 2. The highest BCUT2D eigenvalue weighted by Crippen LogP contribution is 2.38. The van der Waals surface area contributed by atoms with Crippen molar-refractivity contribution in [3.05, 3.63) is 82.7 Å². The normalized spacial score (nSPS) is 13.5. The van der Waals surface area contributed by atoms with Crippen molar-refractivity contribution in [3.63, 3.8) is 0 Å². The third-order valence-electron chi connectivity index (χ3n) is 6.11. The van der Waals surface area contributed by atoms with Crippen molar-refractivity contribution in [1.29, 1.82) is 0 Å². The van der Waals surface area contributed by atoms with Crippen LogP contribution in [0.4, 0.5) is 18.9 Å². The molecule has 1 aliphatic heterocycles. The third-order valence-corrected chi connectivity index (χ3v) is 7.48. The van der Waals surface area contributed by atoms with Gasteiger partial charge in [-0.1, -0.05) is 12.1 Å². The Kier molecular flexibility index (Phi) is 8.28. The quantitative estimate of drug-likeness (QED) is 0.384. The average Bonchev–Trinajstić information content (AvgIpc) is 2.93. The van der Waals surface area contributed by atoms with Crippen molar-refractivity contribution in [3.8, 4) is 16.9 Å². The van der Waals surface area contributed by atoms with E-state index < -0.39 is 50.6 Å². The van der Waals surface area contributed by atoms with Crippen molar-refractivity contribution in [2.45, 2.75) is 17.9 Å². The Morgan fingerprint density at radius 1 is 1.03 bits per heavy atom. The van der Waals surface area contributed by atoms with Gasteiger partial charge in [0.1, 0.15) is 28.1 Å². The number of ether oxygens (including phenoxy) is 3. The maximum absolute atomic E-state index is 14.8. The Balaban J connectivity index is 1.87. The molecule has 0 radical (unpaired) electrons. The zero-order chi connectivity index (χ0) is 28.3. The first-order valence-corrected chi connectivity index (χ1v) is 13.1. The van der Waals surface area contributed by atoms with Gasteiger partial charge in [0.2, 0.25) is 0 Å². The topological polar surface area (TPSA) is 111 Å². The second kappa shape index (κ2) is 11.5. The van der Waals surface area contributed by atoms with E-state index in [2.05, 4.69) is 4.72 Å². The van der Waals surface area contributed by atoms with E-state index in [9.17, 15) is 31.5 Å². The van der Waals surface area contributed by atoms with E-state index >= 15 is 0 Å². The summed E-state index contributed by atoms with van der Waals surface area (Å²) in [7, 11) is -2.29. The zero-order valence-corrected chi connectivity index (χ0v) is 21.7. The number of hydrogen-bond acceptors (Lipinski definition) is 7. The van der Waals surface area contributed by atoms with Crippen LogP contribution >= 0.6 is 0 Å². The second-order valence-corrected chi connectivity index (χ2v) is 10.1. The van der Waals surface area contributed by atoms with Gasteiger partial charge in [-0.3, -0.25) is 4.72 Å². The van der Waals surface area contributed by atoms with Crippen LogP contribution in [0.5, 0.6) is 5.75 Å². The summed E-state index contributed by atoms with van der Waals surface area (Å²) < 4.78 is 88.3. The molecule has 3 aromatic carbocycles. The molecule has 0 spiro atoms. The molecule has 206 valence electrons. The number of esters is 1. The number of benzene rings is 3. The SMILES string of the molecule is COC(=O)c1cc(C2=CCOCC2)c(OC)c(S(=O)(=O)Nc2cc(-c3cc(F)ccc3CO)c(F)cc2F)c1. The highest BCUT2D eigenvalue weighted by molar-refractivity contribution is 7.92. The number of methoxy groups -OCH3 is 2. The Bertz CT molecular complexity index is 1570. The lowest BCUT2D eigenvalue weighted by molar-refractivity contribution is 0.0600. The predicted molar refractivity (Wildman–Crippen MR) is 136 cm³/mol. The van der Waals surface area contributed by atoms with E-state index in [1.165, 1.54) is 19.2 Å². The first-order chi connectivity index (χ1) is 18.6. The summed E-state index contributed by atoms with van der Waals surface area (Å²) in [6.07, 6.45) is 2.13. The van der Waals surface area contributed by atoms with Crippen LogP contribution in [0.2, 0.25) is 0 Å². The number of rotatable bonds is 8. The van der Waals surface area contributed by atoms with Gasteiger partial charge in [0, 0.05) is 17.2 Å². The standard InChI is InChI=1S/C27H24F3NO7S/c1-36-26-20(15-5-7-38-8-6-15)9-17(27(33)37-2)10-25(26)39(34,35)31-24-12-21(22(29)13-23(24)30)19-11-18(28)4-3-16(19)14-32/h3-5,9-13,31-32H,6-8,14H2,1-2H3. The maximum atomic E-state index is 14.8. The summed E-state index contributed by atoms with van der Waals surface area (Å²) in [6.45, 7) is 0.0483. The van der Waals surface area contributed by atoms with E-state index in [1.54, 1.807) is 6.08 Å². The lowest BCUT2D eigenvalue weighted by atomic mass is 9.98. The first-order valence-electron chi connectivity index (χ1n) is 11.6. The van der Waals surface area contributed by atoms with Gasteiger partial charge in [-0.05, 0) is 53.5 Å². The monoisotopic (exact) mass is 563 g/mol. The minimum absolute atomic E-state index is 0.0885. The van der Waals surface area contributed by atoms with Crippen LogP contribution in [0.3, 0.4) is 0 Å². The lowest BCUT2D eigenvalue weighted by Gasteiger charge is -2.20. The largest absolute Gasteiger partial charge is 0.495 e. The number of carbonyl (C=O) groups excluding carboxylic acids is 1. The number of aliphatic hydroxyl groups is 1. The van der Waals surface area contributed by atoms with Crippen LogP contribution < -0.4 is 9.46 Å². The molecular formula is C27H24F3NO7S. The summed E-state index contributed by atoms with van der Waals surface area (Å²) in [5, 5.41) is 9.61. The molecule has 1 heterocycles. The Morgan fingerprint density at radius 3 is 2.44 bits per heavy atom. The maximum Gasteiger partial charge on any atom is 0.337 e. The highest BCUT2D eigenvalue weighted by atomic mass is 32.2. The fourth-order valence-electron chi connectivity index (χ4n) is 4.23. The zero-order valence-electron chi connectivity index (χ0n) is 20.9. The van der Waals surface area contributed by atoms with Crippen LogP contribution in [0.1, 0.15) is 27.9 Å². The van der Waals surface area contributed by atoms with Gasteiger partial charge in [-0.25, -0.2) is 26.4 Å². The second-order valence-electron chi connectivity index (χ2n) is 8.48. The molecule has 0 saturated carbocycles. The van der Waals surface area contributed by atoms with E-state index in [0.717, 1.165) is 31.4 Å². The number of carbonyl (C=O) groups is 1. The van der Waals surface area contributed by atoms with Crippen LogP contribution in [0.15, 0.2) is 53.4 Å². The Morgan fingerprint density at radius 2 is 1.79 bits per heavy atom. The van der Waals surface area contributed by atoms with Crippen LogP contribution in [0.25, 0.3) is 16.7 Å². The van der Waals surface area contributed by atoms with Crippen molar-refractivity contribution < 1.29 is 45.7 Å². The number of halogens is 3. The predicted octanol–water partition coefficient (Wildman–Crippen LogP) is 4.66. The molecule has 0 amide bonds. The fraction of sp³-hybridized carbons (Fsp3) is 0.222. The fourth-order valence-corrected chi connectivity index (χ4v) is 5.50. The molecule has 0 aromatic heterocycles. The summed E-state index contributed by atoms with van der Waals surface area (Å²) in [5.74, 6) is -4.03. The van der Waals surface area contributed by atoms with Gasteiger partial charge in [0.05, 0.1) is 45.3 Å². The molecule has 4 rings (SSSR count). The summed E-state index contributed by atoms with van der Waals surface area (Å²) >= 11 is 0. The lowest BCUT2D eigenvalue weighted by Crippen LogP contribution is -2.18. The molecule has 0 fully saturated rings. The summed E-state index contributed by atoms with van der Waals surface area (Å²) in [4.78, 5) is 11.9. The molecule has 0 atom stereocenters. The van der Waals surface area contributed by atoms with Gasteiger partial charge < -0.3 is 19.3 Å². The minimum atomic E-state index is -4.67. The molecule has 0 saturated heterocycles. The highest BCUT2D eigenvalue weighted by Gasteiger charge is 2.28. The summed E-state index contributed by atoms with van der Waals surface area (Å²) in [5.41, 5.74) is -0.0894. The number of nitrogens with one attached hydrogen (secondary N) is 1. The van der Waals surface area contributed by atoms with Gasteiger partial charge in [-0.15, -0.1) is 0 Å². The number of sulfonamides is 1. The molecule has 2 N–H and O–H groups in total. The number of anilines is 1. The van der Waals surface area contributed by atoms with E-state index in [-0.39, 0.29) is 34.6 Å². The van der Waals surface area contributed by atoms with E-state index in [0.29, 0.717) is 30.2 Å². The van der Waals surface area contributed by atoms with Crippen molar-refractivity contribution in [1.82, 2.24) is 0 Å². The molecule has 0 aliphatic carbocycles. The summed E-state index contributed by atoms with van der Waals surface area (Å²) in [6, 6.07) is 6.98. The molecule has 0 unspecified atom stereocenters. The molecule has 12 heteroatoms. The Hall–Kier alpha value is -3.87. The smallest absolute Gasteiger partial charge is 0.337 e.